The van der Waals surface area contributed by atoms with E-state index >= 15 is 0 Å². The van der Waals surface area contributed by atoms with Crippen LogP contribution in [-0.2, 0) is 38.1 Å². The summed E-state index contributed by atoms with van der Waals surface area (Å²) in [5.41, 5.74) is 0. The van der Waals surface area contributed by atoms with Crippen molar-refractivity contribution in [3.63, 3.8) is 0 Å². The molecule has 142 valence electrons. The lowest BCUT2D eigenvalue weighted by atomic mass is 9.85. The van der Waals surface area contributed by atoms with Crippen molar-refractivity contribution in [3.05, 3.63) is 0 Å². The van der Waals surface area contributed by atoms with E-state index in [-0.39, 0.29) is 18.1 Å². The van der Waals surface area contributed by atoms with E-state index in [4.69, 9.17) is 18.9 Å². The van der Waals surface area contributed by atoms with Gasteiger partial charge in [0.2, 0.25) is 0 Å². The van der Waals surface area contributed by atoms with Gasteiger partial charge in [0.1, 0.15) is 12.2 Å². The highest BCUT2D eigenvalue weighted by Crippen LogP contribution is 2.33. The molecule has 1 fully saturated rings. The van der Waals surface area contributed by atoms with Crippen molar-refractivity contribution in [1.29, 1.82) is 0 Å². The van der Waals surface area contributed by atoms with E-state index in [0.29, 0.717) is 0 Å². The Hall–Kier alpha value is -1.96. The number of esters is 3. The van der Waals surface area contributed by atoms with Crippen LogP contribution in [0.25, 0.3) is 0 Å². The van der Waals surface area contributed by atoms with Crippen molar-refractivity contribution >= 4 is 23.7 Å². The van der Waals surface area contributed by atoms with Crippen LogP contribution in [0.2, 0.25) is 0 Å². The van der Waals surface area contributed by atoms with Crippen LogP contribution >= 0.6 is 0 Å². The van der Waals surface area contributed by atoms with Crippen LogP contribution < -0.4 is 0 Å². The predicted octanol–water partition coefficient (Wildman–Crippen LogP) is 1.18. The molecule has 0 aromatic rings. The van der Waals surface area contributed by atoms with Crippen molar-refractivity contribution in [3.8, 4) is 0 Å². The molecule has 0 amide bonds. The molecule has 1 aliphatic rings. The Labute approximate surface area is 147 Å². The van der Waals surface area contributed by atoms with Gasteiger partial charge in [0.15, 0.2) is 18.0 Å². The summed E-state index contributed by atoms with van der Waals surface area (Å²) in [4.78, 5) is 46.8. The Balaban J connectivity index is 3.28. The third-order valence-electron chi connectivity index (χ3n) is 4.14. The summed E-state index contributed by atoms with van der Waals surface area (Å²) in [5, 5.41) is 0. The zero-order valence-corrected chi connectivity index (χ0v) is 15.4. The van der Waals surface area contributed by atoms with Crippen molar-refractivity contribution in [1.82, 2.24) is 0 Å². The van der Waals surface area contributed by atoms with Gasteiger partial charge in [0.25, 0.3) is 0 Å². The zero-order chi connectivity index (χ0) is 19.3. The third kappa shape index (κ3) is 5.52. The maximum absolute atomic E-state index is 12.3. The number of rotatable bonds is 6. The molecule has 0 bridgehead atoms. The largest absolute Gasteiger partial charge is 0.458 e. The van der Waals surface area contributed by atoms with Gasteiger partial charge in [0.05, 0.1) is 6.10 Å². The molecule has 1 heterocycles. The fourth-order valence-corrected chi connectivity index (χ4v) is 2.83. The molecule has 0 N–H and O–H groups in total. The van der Waals surface area contributed by atoms with Crippen LogP contribution in [0.3, 0.4) is 0 Å². The number of Topliss-reactive ketones (excluding diaryl/α,β-unsaturated/α-hetero) is 1. The van der Waals surface area contributed by atoms with E-state index < -0.39 is 48.4 Å². The summed E-state index contributed by atoms with van der Waals surface area (Å²) in [5.74, 6) is -2.50. The second-order valence-corrected chi connectivity index (χ2v) is 6.16. The Morgan fingerprint density at radius 2 is 1.44 bits per heavy atom. The van der Waals surface area contributed by atoms with E-state index in [2.05, 4.69) is 0 Å². The summed E-state index contributed by atoms with van der Waals surface area (Å²) < 4.78 is 21.6. The molecule has 0 aromatic carbocycles. The molecular weight excluding hydrogens is 332 g/mol. The first-order chi connectivity index (χ1) is 11.6. The lowest BCUT2D eigenvalue weighted by Gasteiger charge is -2.45. The van der Waals surface area contributed by atoms with Crippen molar-refractivity contribution in [2.45, 2.75) is 78.5 Å². The van der Waals surface area contributed by atoms with Crippen molar-refractivity contribution < 1.29 is 38.1 Å². The first-order valence-corrected chi connectivity index (χ1v) is 8.28. The molecule has 0 saturated carbocycles. The lowest BCUT2D eigenvalue weighted by Crippen LogP contribution is -2.61. The quantitative estimate of drug-likeness (QED) is 0.515. The van der Waals surface area contributed by atoms with Gasteiger partial charge in [-0.1, -0.05) is 13.8 Å². The van der Waals surface area contributed by atoms with Gasteiger partial charge < -0.3 is 18.9 Å². The Morgan fingerprint density at radius 3 is 1.88 bits per heavy atom. The second-order valence-electron chi connectivity index (χ2n) is 6.16. The summed E-state index contributed by atoms with van der Waals surface area (Å²) >= 11 is 0. The molecule has 0 aromatic heterocycles. The molecule has 8 heteroatoms. The van der Waals surface area contributed by atoms with Gasteiger partial charge in [-0.25, -0.2) is 0 Å². The van der Waals surface area contributed by atoms with Gasteiger partial charge in [-0.3, -0.25) is 19.2 Å². The maximum Gasteiger partial charge on any atom is 0.303 e. The third-order valence-corrected chi connectivity index (χ3v) is 4.14. The summed E-state index contributed by atoms with van der Waals surface area (Å²) in [6.45, 7) is 8.78. The predicted molar refractivity (Wildman–Crippen MR) is 85.5 cm³/mol. The highest BCUT2D eigenvalue weighted by atomic mass is 16.6. The topological polar surface area (TPSA) is 105 Å². The molecule has 1 saturated heterocycles. The Kier molecular flexibility index (Phi) is 7.54. The highest BCUT2D eigenvalue weighted by molar-refractivity contribution is 5.86. The normalized spacial score (nSPS) is 30.1. The molecule has 8 nitrogen and oxygen atoms in total. The number of carbonyl (C=O) groups excluding carboxylic acids is 4. The number of hydrogen-bond acceptors (Lipinski definition) is 8. The molecule has 0 spiro atoms. The van der Waals surface area contributed by atoms with Crippen LogP contribution in [-0.4, -0.2) is 54.2 Å². The first kappa shape index (κ1) is 21.1. The molecule has 0 radical (unpaired) electrons. The summed E-state index contributed by atoms with van der Waals surface area (Å²) in [6, 6.07) is 0. The maximum atomic E-state index is 12.3. The summed E-state index contributed by atoms with van der Waals surface area (Å²) in [6.07, 6.45) is -4.50. The smallest absolute Gasteiger partial charge is 0.303 e. The fraction of sp³-hybridized carbons (Fsp3) is 0.765. The van der Waals surface area contributed by atoms with Gasteiger partial charge in [-0.2, -0.15) is 0 Å². The van der Waals surface area contributed by atoms with E-state index in [0.717, 1.165) is 0 Å². The Bertz CT molecular complexity index is 529. The molecule has 2 unspecified atom stereocenters. The molecule has 1 aliphatic heterocycles. The number of ketones is 1. The van der Waals surface area contributed by atoms with Gasteiger partial charge >= 0.3 is 17.9 Å². The SMILES string of the molecule is CCC(=O)C(OC(C)=O)C1O[C@@H](C)[C@H](C)[C@@H](OC(C)=O)[C@H]1OC(C)=O. The highest BCUT2D eigenvalue weighted by Gasteiger charge is 2.51. The number of hydrogen-bond donors (Lipinski definition) is 0. The average molecular weight is 358 g/mol. The van der Waals surface area contributed by atoms with Crippen molar-refractivity contribution in [2.75, 3.05) is 0 Å². The number of ether oxygens (including phenoxy) is 4. The average Bonchev–Trinajstić information content (AvgIpc) is 2.50. The molecule has 6 atom stereocenters. The van der Waals surface area contributed by atoms with Crippen LogP contribution in [0.5, 0.6) is 0 Å². The van der Waals surface area contributed by atoms with Crippen LogP contribution in [0.1, 0.15) is 48.0 Å². The standard InChI is InChI=1S/C17H26O8/c1-7-13(21)15(24-11(5)19)17-16(25-12(6)20)14(23-10(4)18)8(2)9(3)22-17/h8-9,14-17H,7H2,1-6H3/t8-,9-,14+,15?,16+,17?/m0/s1. The van der Waals surface area contributed by atoms with E-state index in [1.165, 1.54) is 20.8 Å². The van der Waals surface area contributed by atoms with Crippen LogP contribution in [0.15, 0.2) is 0 Å². The van der Waals surface area contributed by atoms with Crippen LogP contribution in [0, 0.1) is 5.92 Å². The monoisotopic (exact) mass is 358 g/mol. The zero-order valence-electron chi connectivity index (χ0n) is 15.4. The molecule has 0 aliphatic carbocycles. The lowest BCUT2D eigenvalue weighted by molar-refractivity contribution is -0.238. The Morgan fingerprint density at radius 1 is 0.920 bits per heavy atom. The van der Waals surface area contributed by atoms with Crippen molar-refractivity contribution in [2.24, 2.45) is 5.92 Å². The van der Waals surface area contributed by atoms with E-state index in [1.807, 2.05) is 0 Å². The first-order valence-electron chi connectivity index (χ1n) is 8.28. The van der Waals surface area contributed by atoms with Crippen LogP contribution in [0.4, 0.5) is 0 Å². The fourth-order valence-electron chi connectivity index (χ4n) is 2.83. The summed E-state index contributed by atoms with van der Waals surface area (Å²) in [7, 11) is 0. The molecule has 25 heavy (non-hydrogen) atoms. The van der Waals surface area contributed by atoms with E-state index in [9.17, 15) is 19.2 Å². The molecular formula is C17H26O8. The minimum atomic E-state index is -1.25. The van der Waals surface area contributed by atoms with Gasteiger partial charge in [0, 0.05) is 33.1 Å². The molecule has 1 rings (SSSR count). The van der Waals surface area contributed by atoms with Gasteiger partial charge in [-0.15, -0.1) is 0 Å². The number of carbonyl (C=O) groups is 4. The minimum absolute atomic E-state index is 0.104. The van der Waals surface area contributed by atoms with E-state index in [1.54, 1.807) is 20.8 Å². The van der Waals surface area contributed by atoms with Gasteiger partial charge in [-0.05, 0) is 6.92 Å². The minimum Gasteiger partial charge on any atom is -0.458 e. The second kappa shape index (κ2) is 8.94.